The van der Waals surface area contributed by atoms with Crippen molar-refractivity contribution in [3.63, 3.8) is 0 Å². The van der Waals surface area contributed by atoms with Crippen LogP contribution in [0, 0.1) is 0 Å². The molecule has 2 N–H and O–H groups in total. The summed E-state index contributed by atoms with van der Waals surface area (Å²) in [4.78, 5) is 6.41. The first kappa shape index (κ1) is 13.1. The monoisotopic (exact) mass is 264 g/mol. The smallest absolute Gasteiger partial charge is 0.131 e. The van der Waals surface area contributed by atoms with Gasteiger partial charge >= 0.3 is 0 Å². The third-order valence-corrected chi connectivity index (χ3v) is 2.90. The van der Waals surface area contributed by atoms with E-state index in [0.717, 1.165) is 18.1 Å². The van der Waals surface area contributed by atoms with Crippen LogP contribution >= 0.6 is 11.6 Å². The molecule has 0 saturated heterocycles. The average molecular weight is 265 g/mol. The van der Waals surface area contributed by atoms with Gasteiger partial charge in [-0.1, -0.05) is 23.7 Å². The van der Waals surface area contributed by atoms with E-state index in [-0.39, 0.29) is 6.04 Å². The maximum absolute atomic E-state index is 6.25. The second-order valence-corrected chi connectivity index (χ2v) is 4.95. The van der Waals surface area contributed by atoms with Gasteiger partial charge in [-0.25, -0.2) is 4.98 Å². The quantitative estimate of drug-likeness (QED) is 0.920. The molecule has 0 bridgehead atoms. The molecule has 1 atom stereocenters. The summed E-state index contributed by atoms with van der Waals surface area (Å²) >= 11 is 5.98. The normalized spacial score (nSPS) is 12.9. The van der Waals surface area contributed by atoms with Gasteiger partial charge in [0.25, 0.3) is 0 Å². The van der Waals surface area contributed by atoms with Crippen LogP contribution in [0.15, 0.2) is 36.7 Å². The molecular formula is C13H17ClN4. The van der Waals surface area contributed by atoms with Gasteiger partial charge in [0.05, 0.1) is 12.7 Å². The van der Waals surface area contributed by atoms with E-state index in [1.165, 1.54) is 0 Å². The van der Waals surface area contributed by atoms with Gasteiger partial charge in [0, 0.05) is 17.4 Å². The Bertz CT molecular complexity index is 521. The maximum atomic E-state index is 6.25. The molecule has 1 aromatic heterocycles. The third-order valence-electron chi connectivity index (χ3n) is 2.67. The lowest BCUT2D eigenvalue weighted by Crippen LogP contribution is -2.23. The summed E-state index contributed by atoms with van der Waals surface area (Å²) in [5.74, 6) is 0.839. The predicted octanol–water partition coefficient (Wildman–Crippen LogP) is 2.10. The van der Waals surface area contributed by atoms with Crippen LogP contribution < -0.4 is 5.73 Å². The van der Waals surface area contributed by atoms with Crippen molar-refractivity contribution >= 4 is 11.6 Å². The molecule has 96 valence electrons. The van der Waals surface area contributed by atoms with E-state index in [9.17, 15) is 0 Å². The highest BCUT2D eigenvalue weighted by molar-refractivity contribution is 6.30. The number of rotatable bonds is 4. The van der Waals surface area contributed by atoms with E-state index in [1.54, 1.807) is 6.20 Å². The number of benzene rings is 1. The van der Waals surface area contributed by atoms with Gasteiger partial charge in [-0.05, 0) is 31.8 Å². The SMILES string of the molecule is CN(C)Cn1ccnc1C(N)c1cccc(Cl)c1. The lowest BCUT2D eigenvalue weighted by molar-refractivity contribution is 0.318. The Morgan fingerprint density at radius 2 is 2.22 bits per heavy atom. The van der Waals surface area contributed by atoms with Crippen molar-refractivity contribution in [2.75, 3.05) is 14.1 Å². The zero-order valence-corrected chi connectivity index (χ0v) is 11.3. The molecule has 1 heterocycles. The van der Waals surface area contributed by atoms with E-state index in [2.05, 4.69) is 9.88 Å². The zero-order valence-electron chi connectivity index (χ0n) is 10.5. The number of nitrogens with two attached hydrogens (primary N) is 1. The number of imidazole rings is 1. The standard InChI is InChI=1S/C13H17ClN4/c1-17(2)9-18-7-6-16-13(18)12(15)10-4-3-5-11(14)8-10/h3-8,12H,9,15H2,1-2H3. The van der Waals surface area contributed by atoms with Gasteiger partial charge in [0.1, 0.15) is 5.82 Å². The van der Waals surface area contributed by atoms with Crippen LogP contribution in [0.1, 0.15) is 17.4 Å². The summed E-state index contributed by atoms with van der Waals surface area (Å²) in [6, 6.07) is 7.31. The molecule has 2 aromatic rings. The summed E-state index contributed by atoms with van der Waals surface area (Å²) in [5, 5.41) is 0.689. The highest BCUT2D eigenvalue weighted by atomic mass is 35.5. The molecule has 0 aliphatic carbocycles. The molecule has 0 aliphatic heterocycles. The number of aromatic nitrogens is 2. The summed E-state index contributed by atoms with van der Waals surface area (Å²) in [6.07, 6.45) is 3.70. The van der Waals surface area contributed by atoms with Crippen molar-refractivity contribution in [3.8, 4) is 0 Å². The average Bonchev–Trinajstić information content (AvgIpc) is 2.75. The molecule has 4 nitrogen and oxygen atoms in total. The highest BCUT2D eigenvalue weighted by Crippen LogP contribution is 2.21. The molecule has 0 amide bonds. The summed E-state index contributed by atoms with van der Waals surface area (Å²) in [5.41, 5.74) is 7.21. The van der Waals surface area contributed by atoms with Gasteiger partial charge in [-0.3, -0.25) is 4.90 Å². The van der Waals surface area contributed by atoms with Crippen molar-refractivity contribution in [2.24, 2.45) is 5.73 Å². The molecule has 5 heteroatoms. The molecular weight excluding hydrogens is 248 g/mol. The Morgan fingerprint density at radius 3 is 2.89 bits per heavy atom. The molecule has 1 unspecified atom stereocenters. The van der Waals surface area contributed by atoms with E-state index in [4.69, 9.17) is 17.3 Å². The largest absolute Gasteiger partial charge is 0.320 e. The Balaban J connectivity index is 2.28. The molecule has 0 spiro atoms. The lowest BCUT2D eigenvalue weighted by Gasteiger charge is -2.17. The van der Waals surface area contributed by atoms with Gasteiger partial charge in [-0.15, -0.1) is 0 Å². The van der Waals surface area contributed by atoms with Crippen LogP contribution in [0.2, 0.25) is 5.02 Å². The van der Waals surface area contributed by atoms with E-state index in [0.29, 0.717) is 5.02 Å². The summed E-state index contributed by atoms with van der Waals surface area (Å²) < 4.78 is 2.03. The van der Waals surface area contributed by atoms with Crippen LogP contribution in [0.25, 0.3) is 0 Å². The fourth-order valence-electron chi connectivity index (χ4n) is 1.87. The Kier molecular flexibility index (Phi) is 4.01. The molecule has 0 saturated carbocycles. The van der Waals surface area contributed by atoms with E-state index >= 15 is 0 Å². The first-order chi connectivity index (χ1) is 8.58. The van der Waals surface area contributed by atoms with Crippen molar-refractivity contribution in [3.05, 3.63) is 53.1 Å². The van der Waals surface area contributed by atoms with Crippen molar-refractivity contribution in [1.82, 2.24) is 14.5 Å². The van der Waals surface area contributed by atoms with Crippen LogP contribution in [0.5, 0.6) is 0 Å². The molecule has 0 fully saturated rings. The van der Waals surface area contributed by atoms with Crippen LogP contribution in [-0.2, 0) is 6.67 Å². The Morgan fingerprint density at radius 1 is 1.44 bits per heavy atom. The highest BCUT2D eigenvalue weighted by Gasteiger charge is 2.15. The van der Waals surface area contributed by atoms with E-state index < -0.39 is 0 Å². The summed E-state index contributed by atoms with van der Waals surface area (Å²) in [6.45, 7) is 0.754. The zero-order chi connectivity index (χ0) is 13.1. The van der Waals surface area contributed by atoms with Crippen molar-refractivity contribution in [1.29, 1.82) is 0 Å². The second kappa shape index (κ2) is 5.52. The number of nitrogens with zero attached hydrogens (tertiary/aromatic N) is 3. The topological polar surface area (TPSA) is 47.1 Å². The molecule has 1 aromatic carbocycles. The second-order valence-electron chi connectivity index (χ2n) is 4.51. The van der Waals surface area contributed by atoms with Crippen LogP contribution in [0.3, 0.4) is 0 Å². The minimum atomic E-state index is -0.265. The predicted molar refractivity (Wildman–Crippen MR) is 73.4 cm³/mol. The molecule has 2 rings (SSSR count). The molecule has 0 radical (unpaired) electrons. The maximum Gasteiger partial charge on any atom is 0.131 e. The van der Waals surface area contributed by atoms with Gasteiger partial charge < -0.3 is 10.3 Å². The number of halogens is 1. The Labute approximate surface area is 112 Å². The Hall–Kier alpha value is -1.36. The number of hydrogen-bond acceptors (Lipinski definition) is 3. The van der Waals surface area contributed by atoms with Gasteiger partial charge in [0.2, 0.25) is 0 Å². The van der Waals surface area contributed by atoms with Gasteiger partial charge in [-0.2, -0.15) is 0 Å². The fourth-order valence-corrected chi connectivity index (χ4v) is 2.07. The number of hydrogen-bond donors (Lipinski definition) is 1. The summed E-state index contributed by atoms with van der Waals surface area (Å²) in [7, 11) is 4.02. The minimum absolute atomic E-state index is 0.265. The van der Waals surface area contributed by atoms with Crippen LogP contribution in [0.4, 0.5) is 0 Å². The van der Waals surface area contributed by atoms with Crippen molar-refractivity contribution in [2.45, 2.75) is 12.7 Å². The molecule has 18 heavy (non-hydrogen) atoms. The third kappa shape index (κ3) is 2.90. The fraction of sp³-hybridized carbons (Fsp3) is 0.308. The van der Waals surface area contributed by atoms with E-state index in [1.807, 2.05) is 49.1 Å². The van der Waals surface area contributed by atoms with Crippen LogP contribution in [-0.4, -0.2) is 28.5 Å². The lowest BCUT2D eigenvalue weighted by atomic mass is 10.1. The van der Waals surface area contributed by atoms with Crippen molar-refractivity contribution < 1.29 is 0 Å². The minimum Gasteiger partial charge on any atom is -0.320 e. The first-order valence-corrected chi connectivity index (χ1v) is 6.12. The van der Waals surface area contributed by atoms with Gasteiger partial charge in [0.15, 0.2) is 0 Å². The molecule has 0 aliphatic rings. The first-order valence-electron chi connectivity index (χ1n) is 5.74.